The fourth-order valence-electron chi connectivity index (χ4n) is 3.23. The van der Waals surface area contributed by atoms with Crippen LogP contribution in [0.4, 0.5) is 17.6 Å². The molecule has 0 aliphatic heterocycles. The largest absolute Gasteiger partial charge is 0.416 e. The first-order chi connectivity index (χ1) is 14.2. The standard InChI is InChI=1S/C22H17F4IN2O/c1-13-10-15(8-9-28-13)21(29-30)12-19(18-7-6-17(27)11-20(18)23)14-2-4-16(5-3-14)22(24,25)26/h2-11,19,30H,12H2,1H3/b29-21+. The molecule has 3 nitrogen and oxygen atoms in total. The van der Waals surface area contributed by atoms with E-state index in [1.165, 1.54) is 18.2 Å². The van der Waals surface area contributed by atoms with Crippen molar-refractivity contribution in [3.05, 3.63) is 98.1 Å². The molecule has 0 aliphatic carbocycles. The molecule has 0 radical (unpaired) electrons. The lowest BCUT2D eigenvalue weighted by atomic mass is 9.85. The second-order valence-corrected chi connectivity index (χ2v) is 8.02. The maximum atomic E-state index is 14.8. The van der Waals surface area contributed by atoms with E-state index in [1.807, 2.05) is 22.6 Å². The Labute approximate surface area is 184 Å². The number of hydrogen-bond donors (Lipinski definition) is 1. The van der Waals surface area contributed by atoms with Crippen molar-refractivity contribution >= 4 is 28.3 Å². The van der Waals surface area contributed by atoms with Crippen LogP contribution < -0.4 is 0 Å². The van der Waals surface area contributed by atoms with E-state index in [9.17, 15) is 22.8 Å². The van der Waals surface area contributed by atoms with Crippen molar-refractivity contribution in [3.8, 4) is 0 Å². The molecule has 1 aromatic heterocycles. The molecule has 0 amide bonds. The Hall–Kier alpha value is -2.49. The van der Waals surface area contributed by atoms with Crippen LogP contribution >= 0.6 is 22.6 Å². The molecule has 30 heavy (non-hydrogen) atoms. The molecule has 2 aromatic carbocycles. The number of benzene rings is 2. The van der Waals surface area contributed by atoms with E-state index in [0.717, 1.165) is 12.1 Å². The highest BCUT2D eigenvalue weighted by atomic mass is 127. The van der Waals surface area contributed by atoms with E-state index in [4.69, 9.17) is 0 Å². The molecule has 1 unspecified atom stereocenters. The zero-order chi connectivity index (χ0) is 21.9. The van der Waals surface area contributed by atoms with Crippen LogP contribution in [0.3, 0.4) is 0 Å². The second kappa shape index (κ2) is 9.11. The minimum absolute atomic E-state index is 0.0861. The molecule has 8 heteroatoms. The number of aryl methyl sites for hydroxylation is 1. The summed E-state index contributed by atoms with van der Waals surface area (Å²) in [4.78, 5) is 4.10. The van der Waals surface area contributed by atoms with Crippen LogP contribution in [0.15, 0.2) is 65.9 Å². The van der Waals surface area contributed by atoms with Gasteiger partial charge in [0.25, 0.3) is 0 Å². The van der Waals surface area contributed by atoms with Gasteiger partial charge in [0, 0.05) is 33.4 Å². The number of oxime groups is 1. The number of aromatic nitrogens is 1. The second-order valence-electron chi connectivity index (χ2n) is 6.77. The van der Waals surface area contributed by atoms with Crippen molar-refractivity contribution in [2.24, 2.45) is 5.16 Å². The van der Waals surface area contributed by atoms with Gasteiger partial charge in [-0.1, -0.05) is 23.4 Å². The Morgan fingerprint density at radius 3 is 2.37 bits per heavy atom. The maximum Gasteiger partial charge on any atom is 0.416 e. The first-order valence-electron chi connectivity index (χ1n) is 8.95. The van der Waals surface area contributed by atoms with Gasteiger partial charge in [0.15, 0.2) is 0 Å². The van der Waals surface area contributed by atoms with E-state index in [0.29, 0.717) is 26.0 Å². The minimum Gasteiger partial charge on any atom is -0.411 e. The zero-order valence-electron chi connectivity index (χ0n) is 15.8. The summed E-state index contributed by atoms with van der Waals surface area (Å²) in [6.45, 7) is 1.78. The van der Waals surface area contributed by atoms with Gasteiger partial charge < -0.3 is 5.21 Å². The molecule has 3 rings (SSSR count). The lowest BCUT2D eigenvalue weighted by Crippen LogP contribution is -2.13. The summed E-state index contributed by atoms with van der Waals surface area (Å²) in [6, 6.07) is 12.7. The van der Waals surface area contributed by atoms with E-state index in [-0.39, 0.29) is 12.1 Å². The van der Waals surface area contributed by atoms with Crippen molar-refractivity contribution in [2.75, 3.05) is 0 Å². The zero-order valence-corrected chi connectivity index (χ0v) is 17.9. The van der Waals surface area contributed by atoms with Gasteiger partial charge in [-0.2, -0.15) is 13.2 Å². The molecule has 0 aliphatic rings. The highest BCUT2D eigenvalue weighted by molar-refractivity contribution is 14.1. The van der Waals surface area contributed by atoms with Crippen LogP contribution in [-0.2, 0) is 6.18 Å². The summed E-state index contributed by atoms with van der Waals surface area (Å²) >= 11 is 1.98. The minimum atomic E-state index is -4.46. The molecule has 1 N–H and O–H groups in total. The Morgan fingerprint density at radius 2 is 1.80 bits per heavy atom. The molecule has 0 saturated heterocycles. The van der Waals surface area contributed by atoms with Gasteiger partial charge in [-0.3, -0.25) is 4.98 Å². The first-order valence-corrected chi connectivity index (χ1v) is 10.0. The van der Waals surface area contributed by atoms with Gasteiger partial charge in [0.1, 0.15) is 5.82 Å². The first kappa shape index (κ1) is 22.2. The predicted molar refractivity (Wildman–Crippen MR) is 114 cm³/mol. The summed E-state index contributed by atoms with van der Waals surface area (Å²) in [7, 11) is 0. The van der Waals surface area contributed by atoms with Crippen molar-refractivity contribution in [1.82, 2.24) is 4.98 Å². The lowest BCUT2D eigenvalue weighted by Gasteiger charge is -2.20. The van der Waals surface area contributed by atoms with Gasteiger partial charge in [0.05, 0.1) is 11.3 Å². The third kappa shape index (κ3) is 5.16. The highest BCUT2D eigenvalue weighted by Gasteiger charge is 2.31. The number of hydrogen-bond acceptors (Lipinski definition) is 3. The quantitative estimate of drug-likeness (QED) is 0.134. The van der Waals surface area contributed by atoms with E-state index >= 15 is 0 Å². The van der Waals surface area contributed by atoms with Gasteiger partial charge in [0.2, 0.25) is 0 Å². The van der Waals surface area contributed by atoms with Gasteiger partial charge in [-0.25, -0.2) is 4.39 Å². The Bertz CT molecular complexity index is 1070. The predicted octanol–water partition coefficient (Wildman–Crippen LogP) is 6.55. The molecule has 0 spiro atoms. The fourth-order valence-corrected chi connectivity index (χ4v) is 3.68. The monoisotopic (exact) mass is 528 g/mol. The van der Waals surface area contributed by atoms with Gasteiger partial charge >= 0.3 is 6.18 Å². The number of pyridine rings is 1. The summed E-state index contributed by atoms with van der Waals surface area (Å²) in [5, 5.41) is 13.0. The average molecular weight is 528 g/mol. The number of nitrogens with zero attached hydrogens (tertiary/aromatic N) is 2. The molecular formula is C22H17F4IN2O. The van der Waals surface area contributed by atoms with Gasteiger partial charge in [-0.05, 0) is 77.0 Å². The number of rotatable bonds is 5. The Morgan fingerprint density at radius 1 is 1.10 bits per heavy atom. The topological polar surface area (TPSA) is 45.5 Å². The van der Waals surface area contributed by atoms with Crippen molar-refractivity contribution in [1.29, 1.82) is 0 Å². The third-order valence-electron chi connectivity index (χ3n) is 4.73. The van der Waals surface area contributed by atoms with Crippen LogP contribution in [0.25, 0.3) is 0 Å². The molecule has 1 heterocycles. The molecule has 1 atom stereocenters. The van der Waals surface area contributed by atoms with E-state index in [2.05, 4.69) is 10.1 Å². The molecule has 3 aromatic rings. The molecular weight excluding hydrogens is 511 g/mol. The van der Waals surface area contributed by atoms with Crippen LogP contribution in [-0.4, -0.2) is 15.9 Å². The van der Waals surface area contributed by atoms with Crippen LogP contribution in [0.2, 0.25) is 0 Å². The van der Waals surface area contributed by atoms with E-state index in [1.54, 1.807) is 37.4 Å². The van der Waals surface area contributed by atoms with Crippen LogP contribution in [0.1, 0.15) is 40.3 Å². The van der Waals surface area contributed by atoms with Crippen molar-refractivity contribution in [2.45, 2.75) is 25.4 Å². The SMILES string of the molecule is Cc1cc(/C(CC(c2ccc(C(F)(F)F)cc2)c2ccc(I)cc2F)=N/O)ccn1. The van der Waals surface area contributed by atoms with E-state index < -0.39 is 23.5 Å². The average Bonchev–Trinajstić information content (AvgIpc) is 2.69. The summed E-state index contributed by atoms with van der Waals surface area (Å²) in [5.41, 5.74) is 1.60. The van der Waals surface area contributed by atoms with Gasteiger partial charge in [-0.15, -0.1) is 0 Å². The van der Waals surface area contributed by atoms with Crippen LogP contribution in [0.5, 0.6) is 0 Å². The number of halogens is 5. The Kier molecular flexibility index (Phi) is 6.74. The highest BCUT2D eigenvalue weighted by Crippen LogP contribution is 2.35. The lowest BCUT2D eigenvalue weighted by molar-refractivity contribution is -0.137. The number of alkyl halides is 3. The van der Waals surface area contributed by atoms with Crippen LogP contribution in [0, 0.1) is 16.3 Å². The summed E-state index contributed by atoms with van der Waals surface area (Å²) < 4.78 is 54.3. The third-order valence-corrected chi connectivity index (χ3v) is 5.40. The molecule has 0 saturated carbocycles. The molecule has 156 valence electrons. The maximum absolute atomic E-state index is 14.8. The van der Waals surface area contributed by atoms with Crippen molar-refractivity contribution < 1.29 is 22.8 Å². The smallest absolute Gasteiger partial charge is 0.411 e. The van der Waals surface area contributed by atoms with Crippen molar-refractivity contribution in [3.63, 3.8) is 0 Å². The summed E-state index contributed by atoms with van der Waals surface area (Å²) in [6.07, 6.45) is -2.81. The Balaban J connectivity index is 2.05. The fraction of sp³-hybridized carbons (Fsp3) is 0.182. The summed E-state index contributed by atoms with van der Waals surface area (Å²) in [5.74, 6) is -1.13. The molecule has 0 fully saturated rings. The normalized spacial score (nSPS) is 13.3. The molecule has 0 bridgehead atoms.